The summed E-state index contributed by atoms with van der Waals surface area (Å²) in [5.74, 6) is -3.24. The second kappa shape index (κ2) is 28.8. The number of carbonyl (C=O) groups excluding carboxylic acids is 5. The number of ether oxygens (including phenoxy) is 3. The topological polar surface area (TPSA) is 284 Å². The van der Waals surface area contributed by atoms with Crippen LogP contribution in [0.25, 0.3) is 0 Å². The maximum Gasteiger partial charge on any atom is 0.264 e. The van der Waals surface area contributed by atoms with E-state index in [0.29, 0.717) is 29.8 Å². The van der Waals surface area contributed by atoms with E-state index in [1.165, 1.54) is 6.42 Å². The second-order valence-corrected chi connectivity index (χ2v) is 22.2. The van der Waals surface area contributed by atoms with Crippen molar-refractivity contribution in [2.24, 2.45) is 22.4 Å². The van der Waals surface area contributed by atoms with Crippen molar-refractivity contribution in [1.82, 2.24) is 31.3 Å². The molecule has 3 rings (SSSR count). The van der Waals surface area contributed by atoms with Crippen LogP contribution in [0.4, 0.5) is 0 Å². The summed E-state index contributed by atoms with van der Waals surface area (Å²) in [6.07, 6.45) is 7.16. The Kier molecular flexibility index (Phi) is 24.4. The number of sulfonamides is 1. The molecule has 2 aromatic rings. The first-order valence-corrected chi connectivity index (χ1v) is 26.9. The molecule has 20 heteroatoms. The highest BCUT2D eigenvalue weighted by molar-refractivity contribution is 7.90. The number of benzene rings is 2. The minimum Gasteiger partial charge on any atom is -0.487 e. The Morgan fingerprint density at radius 1 is 0.819 bits per heavy atom. The highest BCUT2D eigenvalue weighted by atomic mass is 32.2. The highest BCUT2D eigenvalue weighted by Gasteiger charge is 2.37. The van der Waals surface area contributed by atoms with Crippen molar-refractivity contribution >= 4 is 45.5 Å². The van der Waals surface area contributed by atoms with Gasteiger partial charge < -0.3 is 52.3 Å². The molecule has 0 saturated carbocycles. The summed E-state index contributed by atoms with van der Waals surface area (Å²) in [7, 11) is -4.18. The van der Waals surface area contributed by atoms with Gasteiger partial charge in [-0.3, -0.25) is 29.0 Å². The smallest absolute Gasteiger partial charge is 0.264 e. The minimum absolute atomic E-state index is 0.00335. The standard InChI is InChI=1S/C52H85N9O10S/c1-12-13-14-15-16-20-26-55-46(63)40(29-37-22-18-17-19-23-37)58-48(65)41(31-70-51(7,8)9)59-49(66)43(33(2)3)60-47(64)39(57-42(62)32-69-28-25-53)24-21-27-56-50(54)61-72(67,68)45-35(5)34(4)44-38(36(45)6)30-52(10,11)71-44/h17-19,22-23,33,39-41,43H,12-16,20-21,24-32,53H2,1-11H3,(H,55,63)(H,57,62)(H,58,65)(H,59,66)(H,60,64)(H3,54,56,61). The number of rotatable bonds is 30. The first kappa shape index (κ1) is 61.0. The number of nitrogens with two attached hydrogens (primary N) is 2. The lowest BCUT2D eigenvalue weighted by molar-refractivity contribution is -0.137. The van der Waals surface area contributed by atoms with E-state index in [0.717, 1.165) is 48.8 Å². The number of aliphatic imine (C=N–C) groups is 1. The van der Waals surface area contributed by atoms with Gasteiger partial charge in [0.25, 0.3) is 10.0 Å². The van der Waals surface area contributed by atoms with E-state index in [4.69, 9.17) is 25.7 Å². The van der Waals surface area contributed by atoms with Gasteiger partial charge in [-0.05, 0) is 103 Å². The molecule has 0 aliphatic carbocycles. The summed E-state index contributed by atoms with van der Waals surface area (Å²) in [4.78, 5) is 73.4. The lowest BCUT2D eigenvalue weighted by Crippen LogP contribution is -2.60. The summed E-state index contributed by atoms with van der Waals surface area (Å²) < 4.78 is 47.3. The Morgan fingerprint density at radius 3 is 2.10 bits per heavy atom. The zero-order valence-corrected chi connectivity index (χ0v) is 45.5. The van der Waals surface area contributed by atoms with Crippen LogP contribution in [0.1, 0.15) is 135 Å². The predicted molar refractivity (Wildman–Crippen MR) is 280 cm³/mol. The molecule has 0 aromatic heterocycles. The molecule has 19 nitrogen and oxygen atoms in total. The molecule has 1 heterocycles. The molecular weight excluding hydrogens is 943 g/mol. The average Bonchev–Trinajstić information content (AvgIpc) is 3.64. The van der Waals surface area contributed by atoms with Gasteiger partial charge in [0.15, 0.2) is 0 Å². The molecule has 2 aromatic carbocycles. The largest absolute Gasteiger partial charge is 0.487 e. The van der Waals surface area contributed by atoms with Crippen molar-refractivity contribution in [3.63, 3.8) is 0 Å². The minimum atomic E-state index is -4.18. The zero-order chi connectivity index (χ0) is 53.8. The zero-order valence-electron chi connectivity index (χ0n) is 44.7. The van der Waals surface area contributed by atoms with Gasteiger partial charge in [-0.25, -0.2) is 13.1 Å². The number of unbranched alkanes of at least 4 members (excludes halogenated alkanes) is 5. The number of hydrogen-bond acceptors (Lipinski definition) is 12. The van der Waals surface area contributed by atoms with E-state index in [1.54, 1.807) is 48.5 Å². The van der Waals surface area contributed by atoms with Crippen molar-refractivity contribution < 1.29 is 46.6 Å². The molecule has 10 N–H and O–H groups in total. The van der Waals surface area contributed by atoms with Crippen LogP contribution < -0.4 is 47.5 Å². The fourth-order valence-corrected chi connectivity index (χ4v) is 9.78. The lowest BCUT2D eigenvalue weighted by Gasteiger charge is -2.29. The van der Waals surface area contributed by atoms with Crippen molar-refractivity contribution in [3.8, 4) is 5.75 Å². The monoisotopic (exact) mass is 1030 g/mol. The summed E-state index contributed by atoms with van der Waals surface area (Å²) in [6.45, 7) is 20.2. The van der Waals surface area contributed by atoms with E-state index in [1.807, 2.05) is 51.1 Å². The molecule has 0 spiro atoms. The van der Waals surface area contributed by atoms with Crippen molar-refractivity contribution in [1.29, 1.82) is 0 Å². The summed E-state index contributed by atoms with van der Waals surface area (Å²) in [6, 6.07) is 4.63. The molecule has 1 aliphatic rings. The molecule has 0 saturated heterocycles. The van der Waals surface area contributed by atoms with Gasteiger partial charge >= 0.3 is 0 Å². The van der Waals surface area contributed by atoms with Crippen LogP contribution in [-0.2, 0) is 56.3 Å². The van der Waals surface area contributed by atoms with E-state index in [2.05, 4.69) is 43.2 Å². The Hall–Kier alpha value is -5.31. The van der Waals surface area contributed by atoms with E-state index in [-0.39, 0.29) is 68.9 Å². The van der Waals surface area contributed by atoms with Crippen LogP contribution in [0.3, 0.4) is 0 Å². The van der Waals surface area contributed by atoms with E-state index < -0.39 is 74.9 Å². The second-order valence-electron chi connectivity index (χ2n) is 20.6. The number of hydrogen-bond donors (Lipinski definition) is 8. The number of nitrogens with zero attached hydrogens (tertiary/aromatic N) is 1. The molecule has 1 aliphatic heterocycles. The normalized spacial score (nSPS) is 15.1. The predicted octanol–water partition coefficient (Wildman–Crippen LogP) is 3.80. The Labute approximate surface area is 428 Å². The maximum absolute atomic E-state index is 14.2. The van der Waals surface area contributed by atoms with Crippen LogP contribution in [0.2, 0.25) is 0 Å². The summed E-state index contributed by atoms with van der Waals surface area (Å²) >= 11 is 0. The first-order chi connectivity index (χ1) is 33.8. The Bertz CT molecular complexity index is 2270. The van der Waals surface area contributed by atoms with Crippen LogP contribution in [0.15, 0.2) is 40.2 Å². The fourth-order valence-electron chi connectivity index (χ4n) is 8.25. The molecular formula is C52H85N9O10S. The maximum atomic E-state index is 14.2. The molecule has 0 fully saturated rings. The van der Waals surface area contributed by atoms with Gasteiger partial charge in [-0.1, -0.05) is 83.2 Å². The summed E-state index contributed by atoms with van der Waals surface area (Å²) in [5.41, 5.74) is 13.9. The number of nitrogens with one attached hydrogen (secondary N) is 6. The van der Waals surface area contributed by atoms with Crippen molar-refractivity contribution in [2.45, 2.75) is 181 Å². The van der Waals surface area contributed by atoms with E-state index >= 15 is 0 Å². The first-order valence-electron chi connectivity index (χ1n) is 25.4. The number of carbonyl (C=O) groups is 5. The Morgan fingerprint density at radius 2 is 1.46 bits per heavy atom. The quantitative estimate of drug-likeness (QED) is 0.0315. The number of amides is 5. The third-order valence-electron chi connectivity index (χ3n) is 12.2. The van der Waals surface area contributed by atoms with Crippen molar-refractivity contribution in [2.75, 3.05) is 39.5 Å². The highest BCUT2D eigenvalue weighted by Crippen LogP contribution is 2.43. The molecule has 0 radical (unpaired) electrons. The lowest BCUT2D eigenvalue weighted by atomic mass is 9.94. The number of fused-ring (bicyclic) bond motifs is 1. The molecule has 5 amide bonds. The molecule has 0 bridgehead atoms. The Balaban J connectivity index is 1.79. The van der Waals surface area contributed by atoms with Crippen LogP contribution in [0.5, 0.6) is 5.75 Å². The van der Waals surface area contributed by atoms with Crippen molar-refractivity contribution in [3.05, 3.63) is 58.1 Å². The van der Waals surface area contributed by atoms with Gasteiger partial charge in [0.2, 0.25) is 35.5 Å². The van der Waals surface area contributed by atoms with Gasteiger partial charge in [0, 0.05) is 38.0 Å². The van der Waals surface area contributed by atoms with Gasteiger partial charge in [-0.15, -0.1) is 0 Å². The van der Waals surface area contributed by atoms with Crippen LogP contribution in [-0.4, -0.2) is 119 Å². The molecule has 4 atom stereocenters. The third kappa shape index (κ3) is 19.9. The average molecular weight is 1030 g/mol. The molecule has 4 unspecified atom stereocenters. The van der Waals surface area contributed by atoms with Crippen LogP contribution >= 0.6 is 0 Å². The van der Waals surface area contributed by atoms with Gasteiger partial charge in [0.1, 0.15) is 42.1 Å². The summed E-state index contributed by atoms with van der Waals surface area (Å²) in [5, 5.41) is 14.0. The van der Waals surface area contributed by atoms with Crippen LogP contribution in [0, 0.1) is 26.7 Å². The van der Waals surface area contributed by atoms with E-state index in [9.17, 15) is 32.4 Å². The fraction of sp³-hybridized carbons (Fsp3) is 0.654. The SMILES string of the molecule is CCCCCCCCNC(=O)C(Cc1ccccc1)NC(=O)C(COC(C)(C)C)NC(=O)C(NC(=O)C(CCCN=C(N)NS(=O)(=O)c1c(C)c(C)c2c(c1C)CC(C)(C)O2)NC(=O)COCCN)C(C)C. The molecule has 404 valence electrons. The van der Waals surface area contributed by atoms with Gasteiger partial charge in [-0.2, -0.15) is 0 Å². The number of guanidine groups is 1. The third-order valence-corrected chi connectivity index (χ3v) is 13.8. The van der Waals surface area contributed by atoms with Gasteiger partial charge in [0.05, 0.1) is 23.7 Å². The molecule has 72 heavy (non-hydrogen) atoms.